The average Bonchev–Trinajstić information content (AvgIpc) is 3.04. The number of hydrogen-bond acceptors (Lipinski definition) is 5. The lowest BCUT2D eigenvalue weighted by molar-refractivity contribution is 0.361. The number of hydrogen-bond donors (Lipinski definition) is 0. The van der Waals surface area contributed by atoms with Crippen molar-refractivity contribution in [1.82, 2.24) is 19.3 Å². The second-order valence-electron chi connectivity index (χ2n) is 5.49. The second kappa shape index (κ2) is 7.25. The van der Waals surface area contributed by atoms with E-state index < -0.39 is 11.2 Å². The van der Waals surface area contributed by atoms with Gasteiger partial charge in [0.15, 0.2) is 5.82 Å². The van der Waals surface area contributed by atoms with Gasteiger partial charge in [-0.15, -0.1) is 0 Å². The van der Waals surface area contributed by atoms with E-state index in [9.17, 15) is 9.59 Å². The molecule has 0 aliphatic carbocycles. The fourth-order valence-electron chi connectivity index (χ4n) is 2.32. The largest absolute Gasteiger partial charge is 0.337 e. The molecule has 0 spiro atoms. The topological polar surface area (TPSA) is 82.9 Å². The van der Waals surface area contributed by atoms with E-state index >= 15 is 0 Å². The summed E-state index contributed by atoms with van der Waals surface area (Å²) in [5, 5.41) is 4.51. The number of benzene rings is 1. The third kappa shape index (κ3) is 4.00. The third-order valence-corrected chi connectivity index (χ3v) is 4.15. The molecule has 25 heavy (non-hydrogen) atoms. The first kappa shape index (κ1) is 17.4. The molecule has 0 saturated carbocycles. The Bertz CT molecular complexity index is 971. The summed E-state index contributed by atoms with van der Waals surface area (Å²) in [6, 6.07) is 7.50. The van der Waals surface area contributed by atoms with Crippen LogP contribution in [0.3, 0.4) is 0 Å². The predicted octanol–water partition coefficient (Wildman–Crippen LogP) is 2.07. The van der Waals surface area contributed by atoms with E-state index in [0.29, 0.717) is 17.3 Å². The molecule has 0 atom stereocenters. The highest BCUT2D eigenvalue weighted by molar-refractivity contribution is 6.30. The molecule has 9 heteroatoms. The van der Waals surface area contributed by atoms with Gasteiger partial charge in [0.05, 0.1) is 0 Å². The zero-order valence-electron chi connectivity index (χ0n) is 13.3. The number of nitrogens with zero attached hydrogens (tertiary/aromatic N) is 4. The van der Waals surface area contributed by atoms with Gasteiger partial charge in [-0.05, 0) is 24.1 Å². The Hall–Kier alpha value is -2.38. The molecule has 2 aromatic heterocycles. The van der Waals surface area contributed by atoms with Gasteiger partial charge < -0.3 is 9.09 Å². The predicted molar refractivity (Wildman–Crippen MR) is 93.2 cm³/mol. The normalized spacial score (nSPS) is 11.0. The molecule has 0 fully saturated rings. The van der Waals surface area contributed by atoms with Crippen LogP contribution in [0.2, 0.25) is 10.0 Å². The number of rotatable bonds is 5. The smallest absolute Gasteiger partial charge is 0.331 e. The zero-order valence-corrected chi connectivity index (χ0v) is 14.8. The number of aromatic nitrogens is 4. The van der Waals surface area contributed by atoms with Crippen LogP contribution >= 0.6 is 23.2 Å². The van der Waals surface area contributed by atoms with Crippen LogP contribution in [0.4, 0.5) is 0 Å². The summed E-state index contributed by atoms with van der Waals surface area (Å²) in [4.78, 5) is 28.3. The Balaban J connectivity index is 1.73. The highest BCUT2D eigenvalue weighted by Gasteiger charge is 2.13. The van der Waals surface area contributed by atoms with Crippen molar-refractivity contribution in [3.63, 3.8) is 0 Å². The van der Waals surface area contributed by atoms with Crippen LogP contribution < -0.4 is 11.2 Å². The van der Waals surface area contributed by atoms with Crippen molar-refractivity contribution < 1.29 is 4.52 Å². The first-order valence-electron chi connectivity index (χ1n) is 7.46. The van der Waals surface area contributed by atoms with Gasteiger partial charge in [-0.1, -0.05) is 40.5 Å². The van der Waals surface area contributed by atoms with Crippen molar-refractivity contribution in [2.24, 2.45) is 7.05 Å². The van der Waals surface area contributed by atoms with E-state index in [1.54, 1.807) is 0 Å². The Kier molecular flexibility index (Phi) is 5.06. The molecule has 0 radical (unpaired) electrons. The third-order valence-electron chi connectivity index (χ3n) is 3.64. The zero-order chi connectivity index (χ0) is 18.0. The van der Waals surface area contributed by atoms with E-state index in [-0.39, 0.29) is 17.5 Å². The maximum atomic E-state index is 12.1. The first-order valence-corrected chi connectivity index (χ1v) is 8.21. The van der Waals surface area contributed by atoms with Crippen LogP contribution in [-0.2, 0) is 26.4 Å². The molecule has 3 rings (SSSR count). The Morgan fingerprint density at radius 1 is 1.12 bits per heavy atom. The van der Waals surface area contributed by atoms with Crippen LogP contribution in [0.1, 0.15) is 17.3 Å². The minimum atomic E-state index is -0.592. The molecular weight excluding hydrogens is 367 g/mol. The van der Waals surface area contributed by atoms with Gasteiger partial charge in [0.1, 0.15) is 11.6 Å². The van der Waals surface area contributed by atoms with E-state index in [2.05, 4.69) is 10.1 Å². The molecule has 0 saturated heterocycles. The molecule has 0 amide bonds. The van der Waals surface area contributed by atoms with Crippen LogP contribution in [0.15, 0.2) is 44.6 Å². The van der Waals surface area contributed by atoms with E-state index in [0.717, 1.165) is 16.6 Å². The summed E-state index contributed by atoms with van der Waals surface area (Å²) < 4.78 is 7.31. The van der Waals surface area contributed by atoms with Crippen molar-refractivity contribution in [2.75, 3.05) is 0 Å². The molecule has 0 N–H and O–H groups in total. The Labute approximate surface area is 152 Å². The van der Waals surface area contributed by atoms with Gasteiger partial charge in [0.25, 0.3) is 5.56 Å². The second-order valence-corrected chi connectivity index (χ2v) is 6.34. The molecule has 2 heterocycles. The molecule has 0 unspecified atom stereocenters. The standard InChI is InChI=1S/C16H14Cl2N4O3/c1-21-8-12(18)15(23)22(16(21)24)9-14-19-13(20-25-14)7-4-10-2-5-11(17)6-3-10/h2-3,5-6,8H,4,7,9H2,1H3. The lowest BCUT2D eigenvalue weighted by atomic mass is 10.1. The molecule has 0 aliphatic rings. The summed E-state index contributed by atoms with van der Waals surface area (Å²) in [5.74, 6) is 0.671. The molecule has 130 valence electrons. The van der Waals surface area contributed by atoms with Crippen molar-refractivity contribution in [3.8, 4) is 0 Å². The fraction of sp³-hybridized carbons (Fsp3) is 0.250. The van der Waals surface area contributed by atoms with Crippen LogP contribution in [0, 0.1) is 0 Å². The van der Waals surface area contributed by atoms with Gasteiger partial charge in [-0.2, -0.15) is 4.98 Å². The van der Waals surface area contributed by atoms with Crippen LogP contribution in [0.25, 0.3) is 0 Å². The lowest BCUT2D eigenvalue weighted by Crippen LogP contribution is -2.39. The summed E-state index contributed by atoms with van der Waals surface area (Å²) >= 11 is 11.7. The summed E-state index contributed by atoms with van der Waals surface area (Å²) in [6.45, 7) is -0.125. The minimum Gasteiger partial charge on any atom is -0.337 e. The Morgan fingerprint density at radius 3 is 2.56 bits per heavy atom. The molecule has 0 bridgehead atoms. The molecule has 1 aromatic carbocycles. The monoisotopic (exact) mass is 380 g/mol. The maximum absolute atomic E-state index is 12.1. The van der Waals surface area contributed by atoms with Crippen LogP contribution in [0.5, 0.6) is 0 Å². The van der Waals surface area contributed by atoms with E-state index in [1.807, 2.05) is 24.3 Å². The van der Waals surface area contributed by atoms with Gasteiger partial charge in [-0.3, -0.25) is 4.79 Å². The van der Waals surface area contributed by atoms with Gasteiger partial charge in [-0.25, -0.2) is 9.36 Å². The van der Waals surface area contributed by atoms with Crippen molar-refractivity contribution in [3.05, 3.63) is 78.6 Å². The van der Waals surface area contributed by atoms with Gasteiger partial charge >= 0.3 is 5.69 Å². The summed E-state index contributed by atoms with van der Waals surface area (Å²) in [7, 11) is 1.51. The summed E-state index contributed by atoms with van der Waals surface area (Å²) in [5.41, 5.74) is -0.00308. The van der Waals surface area contributed by atoms with Gasteiger partial charge in [0.2, 0.25) is 5.89 Å². The molecule has 0 aliphatic heterocycles. The maximum Gasteiger partial charge on any atom is 0.331 e. The highest BCUT2D eigenvalue weighted by atomic mass is 35.5. The quantitative estimate of drug-likeness (QED) is 0.676. The SMILES string of the molecule is Cn1cc(Cl)c(=O)n(Cc2nc(CCc3ccc(Cl)cc3)no2)c1=O. The highest BCUT2D eigenvalue weighted by Crippen LogP contribution is 2.11. The minimum absolute atomic E-state index is 0.0513. The van der Waals surface area contributed by atoms with Crippen molar-refractivity contribution in [2.45, 2.75) is 19.4 Å². The van der Waals surface area contributed by atoms with Crippen molar-refractivity contribution in [1.29, 1.82) is 0 Å². The van der Waals surface area contributed by atoms with Gasteiger partial charge in [0, 0.05) is 24.7 Å². The van der Waals surface area contributed by atoms with E-state index in [1.165, 1.54) is 17.8 Å². The van der Waals surface area contributed by atoms with E-state index in [4.69, 9.17) is 27.7 Å². The molecule has 7 nitrogen and oxygen atoms in total. The fourth-order valence-corrected chi connectivity index (χ4v) is 2.70. The van der Waals surface area contributed by atoms with Crippen molar-refractivity contribution >= 4 is 23.2 Å². The molecular formula is C16H14Cl2N4O3. The lowest BCUT2D eigenvalue weighted by Gasteiger charge is -2.04. The van der Waals surface area contributed by atoms with Crippen LogP contribution in [-0.4, -0.2) is 19.3 Å². The Morgan fingerprint density at radius 2 is 1.84 bits per heavy atom. The number of halogens is 2. The molecule has 3 aromatic rings. The number of aryl methyl sites for hydroxylation is 3. The first-order chi connectivity index (χ1) is 11.9. The average molecular weight is 381 g/mol. The summed E-state index contributed by atoms with van der Waals surface area (Å²) in [6.07, 6.45) is 2.55.